The van der Waals surface area contributed by atoms with E-state index >= 15 is 0 Å². The molecule has 0 heterocycles. The van der Waals surface area contributed by atoms with Gasteiger partial charge in [-0.25, -0.2) is 0 Å². The first-order chi connectivity index (χ1) is 10.2. The van der Waals surface area contributed by atoms with Crippen molar-refractivity contribution in [1.82, 2.24) is 4.90 Å². The minimum Gasteiger partial charge on any atom is -0.497 e. The third-order valence-electron chi connectivity index (χ3n) is 3.41. The zero-order valence-electron chi connectivity index (χ0n) is 12.7. The van der Waals surface area contributed by atoms with E-state index < -0.39 is 0 Å². The highest BCUT2D eigenvalue weighted by Crippen LogP contribution is 2.26. The molecule has 0 unspecified atom stereocenters. The largest absolute Gasteiger partial charge is 0.497 e. The summed E-state index contributed by atoms with van der Waals surface area (Å²) in [5.74, 6) is 1.46. The molecule has 1 aromatic rings. The van der Waals surface area contributed by atoms with Crippen molar-refractivity contribution in [2.75, 3.05) is 33.4 Å². The molecule has 5 heteroatoms. The Morgan fingerprint density at radius 2 is 1.90 bits per heavy atom. The molecule has 0 aliphatic heterocycles. The topological polar surface area (TPSA) is 48.0 Å². The number of hydrogen-bond acceptors (Lipinski definition) is 5. The number of nitrogens with zero attached hydrogens (tertiary/aromatic N) is 1. The van der Waals surface area contributed by atoms with Crippen LogP contribution < -0.4 is 9.47 Å². The fraction of sp³-hybridized carbons (Fsp3) is 0.562. The zero-order valence-corrected chi connectivity index (χ0v) is 12.7. The summed E-state index contributed by atoms with van der Waals surface area (Å²) in [7, 11) is 1.64. The van der Waals surface area contributed by atoms with E-state index in [1.165, 1.54) is 0 Å². The standard InChI is InChI=1S/C16H23NO4/c1-3-20-16(18)12-17(13-4-5-13)10-11-21-15-8-6-14(19-2)7-9-15/h6-9,13H,3-5,10-12H2,1-2H3. The van der Waals surface area contributed by atoms with Crippen molar-refractivity contribution < 1.29 is 19.0 Å². The molecule has 0 N–H and O–H groups in total. The van der Waals surface area contributed by atoms with Gasteiger partial charge in [-0.2, -0.15) is 0 Å². The third kappa shape index (κ3) is 5.27. The van der Waals surface area contributed by atoms with Gasteiger partial charge in [0, 0.05) is 12.6 Å². The number of carbonyl (C=O) groups is 1. The lowest BCUT2D eigenvalue weighted by Gasteiger charge is -2.20. The number of ether oxygens (including phenoxy) is 3. The first-order valence-electron chi connectivity index (χ1n) is 7.39. The van der Waals surface area contributed by atoms with Gasteiger partial charge in [0.05, 0.1) is 20.3 Å². The summed E-state index contributed by atoms with van der Waals surface area (Å²) < 4.78 is 15.8. The van der Waals surface area contributed by atoms with Gasteiger partial charge in [0.25, 0.3) is 0 Å². The van der Waals surface area contributed by atoms with Crippen LogP contribution in [0.1, 0.15) is 19.8 Å². The normalized spacial score (nSPS) is 14.0. The van der Waals surface area contributed by atoms with E-state index in [9.17, 15) is 4.79 Å². The molecule has 0 amide bonds. The smallest absolute Gasteiger partial charge is 0.320 e. The van der Waals surface area contributed by atoms with Crippen molar-refractivity contribution in [2.45, 2.75) is 25.8 Å². The number of rotatable bonds is 9. The summed E-state index contributed by atoms with van der Waals surface area (Å²) in [6, 6.07) is 8.00. The molecule has 1 aliphatic carbocycles. The van der Waals surface area contributed by atoms with Gasteiger partial charge >= 0.3 is 5.97 Å². The Hall–Kier alpha value is -1.75. The first kappa shape index (κ1) is 15.6. The molecule has 1 aromatic carbocycles. The molecule has 1 aliphatic rings. The lowest BCUT2D eigenvalue weighted by atomic mass is 10.3. The summed E-state index contributed by atoms with van der Waals surface area (Å²) >= 11 is 0. The second-order valence-corrected chi connectivity index (χ2v) is 5.03. The predicted octanol–water partition coefficient (Wildman–Crippen LogP) is 2.10. The lowest BCUT2D eigenvalue weighted by molar-refractivity contribution is -0.144. The van der Waals surface area contributed by atoms with Crippen LogP contribution in [0.2, 0.25) is 0 Å². The fourth-order valence-electron chi connectivity index (χ4n) is 2.16. The second kappa shape index (κ2) is 7.88. The number of benzene rings is 1. The van der Waals surface area contributed by atoms with E-state index in [1.54, 1.807) is 7.11 Å². The van der Waals surface area contributed by atoms with Crippen LogP contribution in [0, 0.1) is 0 Å². The Kier molecular flexibility index (Phi) is 5.87. The summed E-state index contributed by atoms with van der Waals surface area (Å²) in [5.41, 5.74) is 0. The van der Waals surface area contributed by atoms with Crippen molar-refractivity contribution in [3.63, 3.8) is 0 Å². The lowest BCUT2D eigenvalue weighted by Crippen LogP contribution is -2.36. The first-order valence-corrected chi connectivity index (χ1v) is 7.39. The van der Waals surface area contributed by atoms with E-state index in [4.69, 9.17) is 14.2 Å². The summed E-state index contributed by atoms with van der Waals surface area (Å²) in [5, 5.41) is 0. The highest BCUT2D eigenvalue weighted by molar-refractivity contribution is 5.71. The highest BCUT2D eigenvalue weighted by atomic mass is 16.5. The monoisotopic (exact) mass is 293 g/mol. The van der Waals surface area contributed by atoms with Crippen molar-refractivity contribution in [2.24, 2.45) is 0 Å². The Morgan fingerprint density at radius 1 is 1.24 bits per heavy atom. The van der Waals surface area contributed by atoms with E-state index in [2.05, 4.69) is 4.90 Å². The van der Waals surface area contributed by atoms with Crippen LogP contribution in [0.5, 0.6) is 11.5 Å². The highest BCUT2D eigenvalue weighted by Gasteiger charge is 2.30. The molecule has 2 rings (SSSR count). The maximum absolute atomic E-state index is 11.6. The van der Waals surface area contributed by atoms with Gasteiger partial charge in [0.15, 0.2) is 0 Å². The van der Waals surface area contributed by atoms with Gasteiger partial charge in [-0.1, -0.05) is 0 Å². The molecule has 1 saturated carbocycles. The van der Waals surface area contributed by atoms with E-state index in [0.29, 0.717) is 25.8 Å². The molecule has 0 bridgehead atoms. The van der Waals surface area contributed by atoms with Gasteiger partial charge in [0.2, 0.25) is 0 Å². The zero-order chi connectivity index (χ0) is 15.1. The van der Waals surface area contributed by atoms with Crippen molar-refractivity contribution in [3.8, 4) is 11.5 Å². The van der Waals surface area contributed by atoms with Crippen LogP contribution in [-0.4, -0.2) is 50.3 Å². The van der Waals surface area contributed by atoms with Crippen LogP contribution >= 0.6 is 0 Å². The Balaban J connectivity index is 1.75. The van der Waals surface area contributed by atoms with Gasteiger partial charge < -0.3 is 14.2 Å². The van der Waals surface area contributed by atoms with Crippen LogP contribution in [0.3, 0.4) is 0 Å². The van der Waals surface area contributed by atoms with E-state index in [1.807, 2.05) is 31.2 Å². The quantitative estimate of drug-likeness (QED) is 0.653. The van der Waals surface area contributed by atoms with Gasteiger partial charge in [0.1, 0.15) is 18.1 Å². The number of carbonyl (C=O) groups excluding carboxylic acids is 1. The number of methoxy groups -OCH3 is 1. The van der Waals surface area contributed by atoms with Crippen LogP contribution in [0.4, 0.5) is 0 Å². The Bertz CT molecular complexity index is 442. The minimum absolute atomic E-state index is 0.158. The molecule has 5 nitrogen and oxygen atoms in total. The van der Waals surface area contributed by atoms with Gasteiger partial charge in [-0.15, -0.1) is 0 Å². The van der Waals surface area contributed by atoms with Gasteiger partial charge in [-0.3, -0.25) is 9.69 Å². The van der Waals surface area contributed by atoms with Crippen LogP contribution in [0.15, 0.2) is 24.3 Å². The Morgan fingerprint density at radius 3 is 2.48 bits per heavy atom. The molecular formula is C16H23NO4. The predicted molar refractivity (Wildman–Crippen MR) is 79.7 cm³/mol. The SMILES string of the molecule is CCOC(=O)CN(CCOc1ccc(OC)cc1)C1CC1. The molecule has 0 saturated heterocycles. The average Bonchev–Trinajstić information content (AvgIpc) is 3.32. The molecule has 21 heavy (non-hydrogen) atoms. The van der Waals surface area contributed by atoms with Crippen LogP contribution in [0.25, 0.3) is 0 Å². The second-order valence-electron chi connectivity index (χ2n) is 5.03. The molecular weight excluding hydrogens is 270 g/mol. The molecule has 1 fully saturated rings. The number of esters is 1. The summed E-state index contributed by atoms with van der Waals surface area (Å²) in [6.07, 6.45) is 2.31. The van der Waals surface area contributed by atoms with Gasteiger partial charge in [-0.05, 0) is 44.0 Å². The average molecular weight is 293 g/mol. The fourth-order valence-corrected chi connectivity index (χ4v) is 2.16. The Labute approximate surface area is 125 Å². The molecule has 0 spiro atoms. The van der Waals surface area contributed by atoms with Crippen molar-refractivity contribution in [1.29, 1.82) is 0 Å². The molecule has 0 aromatic heterocycles. The van der Waals surface area contributed by atoms with Crippen molar-refractivity contribution >= 4 is 5.97 Å². The van der Waals surface area contributed by atoms with E-state index in [0.717, 1.165) is 30.9 Å². The molecule has 0 atom stereocenters. The molecule has 0 radical (unpaired) electrons. The minimum atomic E-state index is -0.158. The summed E-state index contributed by atoms with van der Waals surface area (Å²) in [4.78, 5) is 13.7. The molecule has 116 valence electrons. The summed E-state index contributed by atoms with van der Waals surface area (Å²) in [6.45, 7) is 3.90. The maximum atomic E-state index is 11.6. The van der Waals surface area contributed by atoms with Crippen LogP contribution in [-0.2, 0) is 9.53 Å². The maximum Gasteiger partial charge on any atom is 0.320 e. The number of hydrogen-bond donors (Lipinski definition) is 0. The van der Waals surface area contributed by atoms with Crippen molar-refractivity contribution in [3.05, 3.63) is 24.3 Å². The third-order valence-corrected chi connectivity index (χ3v) is 3.41. The van der Waals surface area contributed by atoms with E-state index in [-0.39, 0.29) is 5.97 Å².